The molecule has 0 aliphatic carbocycles. The second-order valence-electron chi connectivity index (χ2n) is 7.05. The Morgan fingerprint density at radius 3 is 2.62 bits per heavy atom. The maximum absolute atomic E-state index is 12.2. The number of carbonyl (C=O) groups is 1. The van der Waals surface area contributed by atoms with Gasteiger partial charge in [-0.15, -0.1) is 0 Å². The zero-order valence-electron chi connectivity index (χ0n) is 15.5. The van der Waals surface area contributed by atoms with Crippen LogP contribution in [0.3, 0.4) is 0 Å². The van der Waals surface area contributed by atoms with E-state index in [1.807, 2.05) is 19.1 Å². The van der Waals surface area contributed by atoms with Gasteiger partial charge in [0.2, 0.25) is 15.9 Å². The van der Waals surface area contributed by atoms with E-state index in [2.05, 4.69) is 17.4 Å². The lowest BCUT2D eigenvalue weighted by Gasteiger charge is -2.47. The average molecular weight is 381 g/mol. The van der Waals surface area contributed by atoms with E-state index in [1.165, 1.54) is 5.56 Å². The van der Waals surface area contributed by atoms with Crippen LogP contribution in [-0.2, 0) is 31.6 Å². The summed E-state index contributed by atoms with van der Waals surface area (Å²) in [6.45, 7) is 5.10. The molecular weight excluding hydrogens is 352 g/mol. The Balaban J connectivity index is 1.82. The lowest BCUT2D eigenvalue weighted by molar-refractivity contribution is -0.146. The molecule has 0 radical (unpaired) electrons. The second kappa shape index (κ2) is 7.66. The summed E-state index contributed by atoms with van der Waals surface area (Å²) >= 11 is 0. The summed E-state index contributed by atoms with van der Waals surface area (Å²) in [5, 5.41) is 2.84. The van der Waals surface area contributed by atoms with Gasteiger partial charge >= 0.3 is 0 Å². The predicted molar refractivity (Wildman–Crippen MR) is 100 cm³/mol. The van der Waals surface area contributed by atoms with Gasteiger partial charge in [-0.25, -0.2) is 12.7 Å². The van der Waals surface area contributed by atoms with Gasteiger partial charge in [0.1, 0.15) is 0 Å². The standard InChI is InChI=1S/C19H28N2O4S/c1-3-20-18(22)14-16-13-15-7-5-6-8-17(15)19(25-16)9-11-21(12-10-19)26(23,24)4-2/h5-8,16H,3-4,9-14H2,1-2H3,(H,20,22). The van der Waals surface area contributed by atoms with Crippen LogP contribution in [-0.4, -0.2) is 50.1 Å². The van der Waals surface area contributed by atoms with Crippen LogP contribution in [0.5, 0.6) is 0 Å². The van der Waals surface area contributed by atoms with E-state index in [0.29, 0.717) is 45.3 Å². The smallest absolute Gasteiger partial charge is 0.222 e. The summed E-state index contributed by atoms with van der Waals surface area (Å²) in [5.74, 6) is 0.120. The fourth-order valence-corrected chi connectivity index (χ4v) is 5.20. The highest BCUT2D eigenvalue weighted by Crippen LogP contribution is 2.44. The molecule has 26 heavy (non-hydrogen) atoms. The van der Waals surface area contributed by atoms with E-state index in [4.69, 9.17) is 4.74 Å². The molecule has 1 amide bonds. The van der Waals surface area contributed by atoms with Crippen LogP contribution in [0.2, 0.25) is 0 Å². The first kappa shape index (κ1) is 19.3. The molecule has 1 saturated heterocycles. The zero-order chi connectivity index (χ0) is 18.8. The summed E-state index contributed by atoms with van der Waals surface area (Å²) < 4.78 is 32.4. The lowest BCUT2D eigenvalue weighted by Crippen LogP contribution is -2.51. The van der Waals surface area contributed by atoms with E-state index < -0.39 is 15.6 Å². The number of nitrogens with zero attached hydrogens (tertiary/aromatic N) is 1. The fourth-order valence-electron chi connectivity index (χ4n) is 4.10. The number of ether oxygens (including phenoxy) is 1. The first-order chi connectivity index (χ1) is 12.4. The third kappa shape index (κ3) is 3.80. The van der Waals surface area contributed by atoms with E-state index in [1.54, 1.807) is 11.2 Å². The maximum atomic E-state index is 12.2. The van der Waals surface area contributed by atoms with Crippen LogP contribution < -0.4 is 5.32 Å². The third-order valence-electron chi connectivity index (χ3n) is 5.42. The first-order valence-corrected chi connectivity index (χ1v) is 11.0. The van der Waals surface area contributed by atoms with Crippen molar-refractivity contribution in [1.29, 1.82) is 0 Å². The van der Waals surface area contributed by atoms with Gasteiger partial charge in [0, 0.05) is 19.6 Å². The number of benzene rings is 1. The number of rotatable bonds is 5. The van der Waals surface area contributed by atoms with Crippen molar-refractivity contribution in [2.75, 3.05) is 25.4 Å². The van der Waals surface area contributed by atoms with E-state index in [-0.39, 0.29) is 17.8 Å². The number of hydrogen-bond acceptors (Lipinski definition) is 4. The molecule has 2 aliphatic heterocycles. The van der Waals surface area contributed by atoms with Gasteiger partial charge < -0.3 is 10.1 Å². The largest absolute Gasteiger partial charge is 0.366 e. The van der Waals surface area contributed by atoms with E-state index >= 15 is 0 Å². The lowest BCUT2D eigenvalue weighted by atomic mass is 9.78. The Labute approximate surface area is 156 Å². The third-order valence-corrected chi connectivity index (χ3v) is 7.30. The fraction of sp³-hybridized carbons (Fsp3) is 0.632. The van der Waals surface area contributed by atoms with Gasteiger partial charge in [0.25, 0.3) is 0 Å². The molecule has 3 rings (SSSR count). The zero-order valence-corrected chi connectivity index (χ0v) is 16.3. The van der Waals surface area contributed by atoms with Gasteiger partial charge in [0.15, 0.2) is 0 Å². The summed E-state index contributed by atoms with van der Waals surface area (Å²) in [6.07, 6.45) is 2.11. The Morgan fingerprint density at radius 2 is 1.96 bits per heavy atom. The number of hydrogen-bond donors (Lipinski definition) is 1. The quantitative estimate of drug-likeness (QED) is 0.845. The Kier molecular flexibility index (Phi) is 5.69. The minimum atomic E-state index is -3.18. The molecule has 144 valence electrons. The normalized spacial score (nSPS) is 22.8. The van der Waals surface area contributed by atoms with Crippen LogP contribution in [0.4, 0.5) is 0 Å². The summed E-state index contributed by atoms with van der Waals surface area (Å²) in [4.78, 5) is 12.0. The summed E-state index contributed by atoms with van der Waals surface area (Å²) in [5.41, 5.74) is 1.87. The highest BCUT2D eigenvalue weighted by Gasteiger charge is 2.45. The SMILES string of the molecule is CCNC(=O)CC1Cc2ccccc2C2(CCN(S(=O)(=O)CC)CC2)O1. The van der Waals surface area contributed by atoms with Crippen LogP contribution in [0.1, 0.15) is 44.2 Å². The highest BCUT2D eigenvalue weighted by molar-refractivity contribution is 7.89. The minimum Gasteiger partial charge on any atom is -0.366 e. The number of piperidine rings is 1. The molecule has 0 saturated carbocycles. The van der Waals surface area contributed by atoms with Gasteiger partial charge in [-0.1, -0.05) is 24.3 Å². The topological polar surface area (TPSA) is 75.7 Å². The van der Waals surface area contributed by atoms with Gasteiger partial charge in [-0.2, -0.15) is 0 Å². The molecule has 2 aliphatic rings. The van der Waals surface area contributed by atoms with Crippen molar-refractivity contribution in [2.24, 2.45) is 0 Å². The van der Waals surface area contributed by atoms with Crippen LogP contribution in [0.15, 0.2) is 24.3 Å². The molecule has 1 aromatic rings. The Bertz CT molecular complexity index is 755. The van der Waals surface area contributed by atoms with Crippen molar-refractivity contribution in [3.63, 3.8) is 0 Å². The molecule has 6 nitrogen and oxygen atoms in total. The molecule has 1 atom stereocenters. The molecule has 1 fully saturated rings. The molecule has 7 heteroatoms. The monoisotopic (exact) mass is 380 g/mol. The second-order valence-corrected chi connectivity index (χ2v) is 9.31. The Morgan fingerprint density at radius 1 is 1.27 bits per heavy atom. The van der Waals surface area contributed by atoms with E-state index in [9.17, 15) is 13.2 Å². The maximum Gasteiger partial charge on any atom is 0.222 e. The average Bonchev–Trinajstić information content (AvgIpc) is 2.62. The van der Waals surface area contributed by atoms with Crippen LogP contribution in [0.25, 0.3) is 0 Å². The Hall–Kier alpha value is -1.44. The molecule has 1 unspecified atom stereocenters. The van der Waals surface area contributed by atoms with Gasteiger partial charge in [-0.3, -0.25) is 4.79 Å². The van der Waals surface area contributed by atoms with Crippen LogP contribution in [0, 0.1) is 0 Å². The van der Waals surface area contributed by atoms with Gasteiger partial charge in [-0.05, 0) is 44.2 Å². The van der Waals surface area contributed by atoms with Crippen molar-refractivity contribution < 1.29 is 17.9 Å². The van der Waals surface area contributed by atoms with E-state index in [0.717, 1.165) is 5.56 Å². The predicted octanol–water partition coefficient (Wildman–Crippen LogP) is 1.79. The van der Waals surface area contributed by atoms with Crippen molar-refractivity contribution >= 4 is 15.9 Å². The number of fused-ring (bicyclic) bond motifs is 2. The molecule has 1 spiro atoms. The summed E-state index contributed by atoms with van der Waals surface area (Å²) in [7, 11) is -3.18. The van der Waals surface area contributed by atoms with Crippen LogP contribution >= 0.6 is 0 Å². The summed E-state index contributed by atoms with van der Waals surface area (Å²) in [6, 6.07) is 8.20. The number of nitrogens with one attached hydrogen (secondary N) is 1. The number of carbonyl (C=O) groups excluding carboxylic acids is 1. The van der Waals surface area contributed by atoms with Crippen molar-refractivity contribution in [3.8, 4) is 0 Å². The molecular formula is C19H28N2O4S. The molecule has 1 aromatic carbocycles. The molecule has 0 aromatic heterocycles. The number of sulfonamides is 1. The van der Waals surface area contributed by atoms with Crippen molar-refractivity contribution in [2.45, 2.75) is 51.2 Å². The number of amides is 1. The van der Waals surface area contributed by atoms with Crippen molar-refractivity contribution in [3.05, 3.63) is 35.4 Å². The van der Waals surface area contributed by atoms with Gasteiger partial charge in [0.05, 0.1) is 23.9 Å². The highest BCUT2D eigenvalue weighted by atomic mass is 32.2. The first-order valence-electron chi connectivity index (χ1n) is 9.41. The van der Waals surface area contributed by atoms with Crippen molar-refractivity contribution in [1.82, 2.24) is 9.62 Å². The molecule has 2 heterocycles. The minimum absolute atomic E-state index is 0.00183. The molecule has 0 bridgehead atoms. The molecule has 1 N–H and O–H groups in total.